The van der Waals surface area contributed by atoms with Crippen molar-refractivity contribution in [1.82, 2.24) is 19.7 Å². The number of amides is 2. The number of hydrogen-bond acceptors (Lipinski definition) is 4. The molecule has 3 heterocycles. The lowest BCUT2D eigenvalue weighted by molar-refractivity contribution is -0.141. The van der Waals surface area contributed by atoms with Crippen LogP contribution < -0.4 is 10.9 Å². The minimum atomic E-state index is -4.59. The molecule has 2 saturated heterocycles. The van der Waals surface area contributed by atoms with Crippen LogP contribution in [0, 0.1) is 0 Å². The number of carbonyl (C=O) groups is 2. The van der Waals surface area contributed by atoms with Crippen molar-refractivity contribution < 1.29 is 22.8 Å². The maximum Gasteiger partial charge on any atom is 0.417 e. The molecule has 2 aliphatic heterocycles. The maximum atomic E-state index is 12.8. The van der Waals surface area contributed by atoms with Gasteiger partial charge in [-0.15, -0.1) is 0 Å². The van der Waals surface area contributed by atoms with Crippen LogP contribution in [0.4, 0.5) is 13.2 Å². The molecule has 1 N–H and O–H groups in total. The van der Waals surface area contributed by atoms with E-state index in [0.29, 0.717) is 38.4 Å². The summed E-state index contributed by atoms with van der Waals surface area (Å²) in [7, 11) is 0. The van der Waals surface area contributed by atoms with E-state index in [1.165, 1.54) is 4.90 Å². The van der Waals surface area contributed by atoms with Gasteiger partial charge in [0, 0.05) is 45.0 Å². The van der Waals surface area contributed by atoms with Gasteiger partial charge in [-0.25, -0.2) is 0 Å². The first-order valence-corrected chi connectivity index (χ1v) is 7.83. The summed E-state index contributed by atoms with van der Waals surface area (Å²) in [5.74, 6) is -0.653. The number of piperazine rings is 2. The van der Waals surface area contributed by atoms with Crippen LogP contribution in [0.2, 0.25) is 0 Å². The van der Waals surface area contributed by atoms with Gasteiger partial charge in [0.25, 0.3) is 5.56 Å². The lowest BCUT2D eigenvalue weighted by Crippen LogP contribution is -2.64. The average Bonchev–Trinajstić information content (AvgIpc) is 2.56. The van der Waals surface area contributed by atoms with Crippen LogP contribution >= 0.6 is 0 Å². The minimum absolute atomic E-state index is 0.165. The zero-order valence-electron chi connectivity index (χ0n) is 13.3. The number of fused-ring (bicyclic) bond motifs is 1. The maximum absolute atomic E-state index is 12.8. The second-order valence-electron chi connectivity index (χ2n) is 6.06. The molecule has 0 radical (unpaired) electrons. The van der Waals surface area contributed by atoms with Crippen molar-refractivity contribution >= 4 is 11.8 Å². The first kappa shape index (κ1) is 17.5. The van der Waals surface area contributed by atoms with Gasteiger partial charge in [0.05, 0.1) is 5.56 Å². The Morgan fingerprint density at radius 1 is 1.20 bits per heavy atom. The highest BCUT2D eigenvalue weighted by atomic mass is 19.4. The SMILES string of the molecule is O=C1NCCN2CCN(C(=O)Cn3cc(C(F)(F)F)ccc3=O)CC12. The van der Waals surface area contributed by atoms with Crippen molar-refractivity contribution in [2.45, 2.75) is 18.8 Å². The summed E-state index contributed by atoms with van der Waals surface area (Å²) in [4.78, 5) is 39.4. The summed E-state index contributed by atoms with van der Waals surface area (Å²) in [6.07, 6.45) is -3.95. The van der Waals surface area contributed by atoms with Crippen molar-refractivity contribution in [2.24, 2.45) is 0 Å². The Kier molecular flexibility index (Phi) is 4.55. The van der Waals surface area contributed by atoms with E-state index in [0.717, 1.165) is 10.6 Å². The number of halogens is 3. The normalized spacial score (nSPS) is 21.6. The molecule has 136 valence electrons. The standard InChI is InChI=1S/C15H17F3N4O3/c16-15(17,18)10-1-2-12(23)22(7-10)9-13(24)21-6-5-20-4-3-19-14(25)11(20)8-21/h1-2,7,11H,3-6,8-9H2,(H,19,25). The Balaban J connectivity index is 1.72. The zero-order chi connectivity index (χ0) is 18.2. The Morgan fingerprint density at radius 3 is 2.68 bits per heavy atom. The first-order valence-electron chi connectivity index (χ1n) is 7.83. The molecule has 2 aliphatic rings. The van der Waals surface area contributed by atoms with Gasteiger partial charge in [0.15, 0.2) is 0 Å². The van der Waals surface area contributed by atoms with E-state index in [9.17, 15) is 27.6 Å². The van der Waals surface area contributed by atoms with E-state index in [-0.39, 0.29) is 12.5 Å². The van der Waals surface area contributed by atoms with Crippen molar-refractivity contribution in [3.05, 3.63) is 34.2 Å². The summed E-state index contributed by atoms with van der Waals surface area (Å²) < 4.78 is 39.0. The van der Waals surface area contributed by atoms with Crippen LogP contribution in [0.25, 0.3) is 0 Å². The topological polar surface area (TPSA) is 74.7 Å². The smallest absolute Gasteiger partial charge is 0.353 e. The molecular weight excluding hydrogens is 341 g/mol. The van der Waals surface area contributed by atoms with E-state index in [1.54, 1.807) is 0 Å². The van der Waals surface area contributed by atoms with Gasteiger partial charge in [0.2, 0.25) is 11.8 Å². The molecule has 2 fully saturated rings. The van der Waals surface area contributed by atoms with Crippen LogP contribution in [-0.2, 0) is 22.3 Å². The number of pyridine rings is 1. The minimum Gasteiger partial charge on any atom is -0.353 e. The van der Waals surface area contributed by atoms with E-state index >= 15 is 0 Å². The van der Waals surface area contributed by atoms with Crippen molar-refractivity contribution in [3.8, 4) is 0 Å². The van der Waals surface area contributed by atoms with E-state index in [4.69, 9.17) is 0 Å². The lowest BCUT2D eigenvalue weighted by atomic mass is 10.1. The number of rotatable bonds is 2. The van der Waals surface area contributed by atoms with Gasteiger partial charge in [-0.2, -0.15) is 13.2 Å². The fraction of sp³-hybridized carbons (Fsp3) is 0.533. The number of alkyl halides is 3. The zero-order valence-corrected chi connectivity index (χ0v) is 13.3. The van der Waals surface area contributed by atoms with Crippen LogP contribution in [0.1, 0.15) is 5.56 Å². The molecule has 1 atom stereocenters. The van der Waals surface area contributed by atoms with Gasteiger partial charge in [-0.1, -0.05) is 0 Å². The lowest BCUT2D eigenvalue weighted by Gasteiger charge is -2.43. The third-order valence-corrected chi connectivity index (χ3v) is 4.46. The molecule has 10 heteroatoms. The number of carbonyl (C=O) groups excluding carboxylic acids is 2. The highest BCUT2D eigenvalue weighted by molar-refractivity contribution is 5.84. The largest absolute Gasteiger partial charge is 0.417 e. The van der Waals surface area contributed by atoms with E-state index < -0.39 is 35.8 Å². The van der Waals surface area contributed by atoms with Crippen LogP contribution in [0.15, 0.2) is 23.1 Å². The predicted molar refractivity (Wildman–Crippen MR) is 80.7 cm³/mol. The molecule has 1 unspecified atom stereocenters. The number of aromatic nitrogens is 1. The second kappa shape index (κ2) is 6.51. The fourth-order valence-electron chi connectivity index (χ4n) is 3.07. The fourth-order valence-corrected chi connectivity index (χ4v) is 3.07. The quantitative estimate of drug-likeness (QED) is 0.774. The third-order valence-electron chi connectivity index (χ3n) is 4.46. The first-order chi connectivity index (χ1) is 11.8. The Labute approximate surface area is 141 Å². The summed E-state index contributed by atoms with van der Waals surface area (Å²) in [6, 6.07) is 1.03. The molecule has 25 heavy (non-hydrogen) atoms. The average molecular weight is 358 g/mol. The summed E-state index contributed by atoms with van der Waals surface area (Å²) >= 11 is 0. The van der Waals surface area contributed by atoms with Crippen LogP contribution in [0.5, 0.6) is 0 Å². The van der Waals surface area contributed by atoms with Crippen molar-refractivity contribution in [2.75, 3.05) is 32.7 Å². The molecule has 1 aromatic rings. The third kappa shape index (κ3) is 3.68. The molecule has 0 bridgehead atoms. The number of hydrogen-bond donors (Lipinski definition) is 1. The monoisotopic (exact) mass is 358 g/mol. The molecule has 7 nitrogen and oxygen atoms in total. The molecule has 0 aromatic carbocycles. The van der Waals surface area contributed by atoms with E-state index in [2.05, 4.69) is 5.32 Å². The van der Waals surface area contributed by atoms with Gasteiger partial charge >= 0.3 is 6.18 Å². The summed E-state index contributed by atoms with van der Waals surface area (Å²) in [5.41, 5.74) is -1.67. The molecule has 0 saturated carbocycles. The van der Waals surface area contributed by atoms with E-state index in [1.807, 2.05) is 4.90 Å². The number of nitrogens with one attached hydrogen (secondary N) is 1. The highest BCUT2D eigenvalue weighted by Crippen LogP contribution is 2.28. The Morgan fingerprint density at radius 2 is 1.96 bits per heavy atom. The Hall–Kier alpha value is -2.36. The molecule has 3 rings (SSSR count). The predicted octanol–water partition coefficient (Wildman–Crippen LogP) is -0.490. The number of nitrogens with zero attached hydrogens (tertiary/aromatic N) is 3. The highest BCUT2D eigenvalue weighted by Gasteiger charge is 2.36. The molecule has 0 spiro atoms. The Bertz CT molecular complexity index is 746. The van der Waals surface area contributed by atoms with Crippen molar-refractivity contribution in [3.63, 3.8) is 0 Å². The van der Waals surface area contributed by atoms with Crippen molar-refractivity contribution in [1.29, 1.82) is 0 Å². The molecule has 1 aromatic heterocycles. The second-order valence-corrected chi connectivity index (χ2v) is 6.06. The van der Waals surface area contributed by atoms with Gasteiger partial charge in [-0.05, 0) is 6.07 Å². The van der Waals surface area contributed by atoms with Gasteiger partial charge < -0.3 is 14.8 Å². The van der Waals surface area contributed by atoms with Gasteiger partial charge in [0.1, 0.15) is 12.6 Å². The summed E-state index contributed by atoms with van der Waals surface area (Å²) in [6.45, 7) is 1.82. The molecule has 2 amide bonds. The summed E-state index contributed by atoms with van der Waals surface area (Å²) in [5, 5.41) is 2.72. The van der Waals surface area contributed by atoms with Gasteiger partial charge in [-0.3, -0.25) is 19.3 Å². The van der Waals surface area contributed by atoms with Crippen LogP contribution in [-0.4, -0.2) is 64.9 Å². The molecule has 0 aliphatic carbocycles. The molecular formula is C15H17F3N4O3. The van der Waals surface area contributed by atoms with Crippen LogP contribution in [0.3, 0.4) is 0 Å².